The van der Waals surface area contributed by atoms with Crippen molar-refractivity contribution >= 4 is 17.1 Å². The summed E-state index contributed by atoms with van der Waals surface area (Å²) >= 11 is 0. The molecule has 2 aromatic rings. The number of hydrogen-bond donors (Lipinski definition) is 2. The van der Waals surface area contributed by atoms with E-state index in [9.17, 15) is 4.79 Å². The number of ether oxygens (including phenoxy) is 2. The average Bonchev–Trinajstić information content (AvgIpc) is 2.98. The van der Waals surface area contributed by atoms with Crippen molar-refractivity contribution in [2.24, 2.45) is 0 Å². The van der Waals surface area contributed by atoms with Gasteiger partial charge >= 0.3 is 6.16 Å². The molecule has 2 N–H and O–H groups in total. The Morgan fingerprint density at radius 2 is 2.28 bits per heavy atom. The van der Waals surface area contributed by atoms with Crippen molar-refractivity contribution in [2.45, 2.75) is 32.1 Å². The molecule has 0 bridgehead atoms. The van der Waals surface area contributed by atoms with Crippen LogP contribution in [0.1, 0.15) is 35.6 Å². The number of rotatable bonds is 3. The molecule has 3 heterocycles. The smallest absolute Gasteiger partial charge is 0.449 e. The Labute approximate surface area is 145 Å². The summed E-state index contributed by atoms with van der Waals surface area (Å²) in [5.74, 6) is 0.617. The predicted octanol–water partition coefficient (Wildman–Crippen LogP) is 2.68. The highest BCUT2D eigenvalue weighted by Gasteiger charge is 2.29. The molecule has 2 aliphatic rings. The maximum absolute atomic E-state index is 10.9. The molecule has 0 spiro atoms. The first-order chi connectivity index (χ1) is 12.1. The van der Waals surface area contributed by atoms with E-state index in [1.54, 1.807) is 6.20 Å². The number of aromatic nitrogens is 2. The summed E-state index contributed by atoms with van der Waals surface area (Å²) in [6, 6.07) is 0. The van der Waals surface area contributed by atoms with Gasteiger partial charge in [-0.15, -0.1) is 0 Å². The van der Waals surface area contributed by atoms with Crippen molar-refractivity contribution < 1.29 is 19.4 Å². The molecule has 7 nitrogen and oxygen atoms in total. The number of pyridine rings is 1. The van der Waals surface area contributed by atoms with Crippen molar-refractivity contribution in [3.05, 3.63) is 23.0 Å². The molecular formula is C18H23N3O4. The molecule has 0 saturated carbocycles. The van der Waals surface area contributed by atoms with Gasteiger partial charge in [-0.05, 0) is 37.7 Å². The van der Waals surface area contributed by atoms with Crippen LogP contribution in [0.5, 0.6) is 5.88 Å². The van der Waals surface area contributed by atoms with Crippen LogP contribution in [-0.4, -0.2) is 59.0 Å². The summed E-state index contributed by atoms with van der Waals surface area (Å²) in [5, 5.41) is 10.0. The van der Waals surface area contributed by atoms with Crippen LogP contribution in [-0.2, 0) is 11.2 Å². The van der Waals surface area contributed by atoms with Crippen LogP contribution in [0.4, 0.5) is 4.79 Å². The maximum atomic E-state index is 10.9. The molecule has 1 fully saturated rings. The van der Waals surface area contributed by atoms with Gasteiger partial charge in [0.1, 0.15) is 0 Å². The van der Waals surface area contributed by atoms with Gasteiger partial charge in [-0.3, -0.25) is 4.90 Å². The minimum Gasteiger partial charge on any atom is -0.449 e. The van der Waals surface area contributed by atoms with Crippen LogP contribution >= 0.6 is 0 Å². The molecule has 2 aromatic heterocycles. The Morgan fingerprint density at radius 3 is 3.04 bits per heavy atom. The van der Waals surface area contributed by atoms with Crippen molar-refractivity contribution in [3.8, 4) is 5.88 Å². The molecule has 1 aliphatic carbocycles. The number of H-pyrrole nitrogens is 1. The van der Waals surface area contributed by atoms with Crippen molar-refractivity contribution in [2.75, 3.05) is 32.8 Å². The highest BCUT2D eigenvalue weighted by Crippen LogP contribution is 2.40. The van der Waals surface area contributed by atoms with E-state index in [0.29, 0.717) is 5.92 Å². The van der Waals surface area contributed by atoms with Gasteiger partial charge in [-0.25, -0.2) is 9.78 Å². The first kappa shape index (κ1) is 16.4. The molecule has 25 heavy (non-hydrogen) atoms. The fraction of sp³-hybridized carbons (Fsp3) is 0.556. The minimum atomic E-state index is -1.33. The van der Waals surface area contributed by atoms with Gasteiger partial charge in [0, 0.05) is 36.3 Å². The van der Waals surface area contributed by atoms with E-state index in [-0.39, 0.29) is 5.88 Å². The van der Waals surface area contributed by atoms with Crippen LogP contribution in [0.15, 0.2) is 6.20 Å². The average molecular weight is 345 g/mol. The van der Waals surface area contributed by atoms with Crippen LogP contribution in [0, 0.1) is 6.92 Å². The summed E-state index contributed by atoms with van der Waals surface area (Å²) in [6.45, 7) is 6.45. The standard InChI is InChI=1S/C18H23N3O4/c1-11-15-14(9-19-17(11)25-18(22)23)20-13-4-2-3-12(16(13)15)10-21-5-7-24-8-6-21/h9,12,20H,2-8,10H2,1H3,(H,22,23). The number of fused-ring (bicyclic) bond motifs is 3. The minimum absolute atomic E-state index is 0.178. The number of aromatic amines is 1. The predicted molar refractivity (Wildman–Crippen MR) is 92.4 cm³/mol. The first-order valence-electron chi connectivity index (χ1n) is 8.84. The van der Waals surface area contributed by atoms with Crippen LogP contribution in [0.25, 0.3) is 10.9 Å². The largest absolute Gasteiger partial charge is 0.512 e. The summed E-state index contributed by atoms with van der Waals surface area (Å²) in [5.41, 5.74) is 4.35. The fourth-order valence-electron chi connectivity index (χ4n) is 4.20. The zero-order valence-corrected chi connectivity index (χ0v) is 14.4. The topological polar surface area (TPSA) is 87.7 Å². The molecule has 4 rings (SSSR count). The van der Waals surface area contributed by atoms with Crippen LogP contribution in [0.2, 0.25) is 0 Å². The van der Waals surface area contributed by atoms with Gasteiger partial charge in [0.2, 0.25) is 5.88 Å². The monoisotopic (exact) mass is 345 g/mol. The normalized spacial score (nSPS) is 21.2. The molecular weight excluding hydrogens is 322 g/mol. The number of hydrogen-bond acceptors (Lipinski definition) is 5. The maximum Gasteiger partial charge on any atom is 0.512 e. The quantitative estimate of drug-likeness (QED) is 0.832. The lowest BCUT2D eigenvalue weighted by Crippen LogP contribution is -2.39. The van der Waals surface area contributed by atoms with Gasteiger partial charge in [0.05, 0.1) is 24.9 Å². The van der Waals surface area contributed by atoms with Gasteiger partial charge in [0.15, 0.2) is 0 Å². The Bertz CT molecular complexity index is 795. The Morgan fingerprint density at radius 1 is 1.48 bits per heavy atom. The van der Waals surface area contributed by atoms with Gasteiger partial charge < -0.3 is 19.6 Å². The van der Waals surface area contributed by atoms with E-state index in [2.05, 4.69) is 14.9 Å². The second-order valence-corrected chi connectivity index (χ2v) is 6.86. The lowest BCUT2D eigenvalue weighted by Gasteiger charge is -2.32. The van der Waals surface area contributed by atoms with Crippen LogP contribution in [0.3, 0.4) is 0 Å². The van der Waals surface area contributed by atoms with Crippen molar-refractivity contribution in [1.82, 2.24) is 14.9 Å². The van der Waals surface area contributed by atoms with Crippen molar-refractivity contribution in [1.29, 1.82) is 0 Å². The molecule has 134 valence electrons. The summed E-state index contributed by atoms with van der Waals surface area (Å²) < 4.78 is 10.3. The van der Waals surface area contributed by atoms with Gasteiger partial charge in [0.25, 0.3) is 0 Å². The Hall–Kier alpha value is -2.12. The highest BCUT2D eigenvalue weighted by molar-refractivity contribution is 5.89. The Balaban J connectivity index is 1.73. The van der Waals surface area contributed by atoms with E-state index in [1.807, 2.05) is 6.92 Å². The summed E-state index contributed by atoms with van der Waals surface area (Å²) in [6.07, 6.45) is 3.70. The first-order valence-corrected chi connectivity index (χ1v) is 8.84. The zero-order chi connectivity index (χ0) is 17.4. The molecule has 1 aliphatic heterocycles. The number of carboxylic acid groups (broad SMARTS) is 1. The molecule has 1 unspecified atom stereocenters. The van der Waals surface area contributed by atoms with E-state index in [1.165, 1.54) is 17.7 Å². The SMILES string of the molecule is Cc1c(OC(=O)O)ncc2[nH]c3c(c12)C(CN1CCOCC1)CCC3. The lowest BCUT2D eigenvalue weighted by molar-refractivity contribution is 0.0343. The third kappa shape index (κ3) is 3.09. The van der Waals surface area contributed by atoms with Crippen LogP contribution < -0.4 is 4.74 Å². The number of aryl methyl sites for hydroxylation is 2. The zero-order valence-electron chi connectivity index (χ0n) is 14.4. The lowest BCUT2D eigenvalue weighted by atomic mass is 9.84. The summed E-state index contributed by atoms with van der Waals surface area (Å²) in [7, 11) is 0. The molecule has 7 heteroatoms. The number of nitrogens with zero attached hydrogens (tertiary/aromatic N) is 2. The second-order valence-electron chi connectivity index (χ2n) is 6.86. The Kier molecular flexibility index (Phi) is 4.35. The second kappa shape index (κ2) is 6.65. The molecule has 1 atom stereocenters. The van der Waals surface area contributed by atoms with E-state index < -0.39 is 6.16 Å². The van der Waals surface area contributed by atoms with E-state index in [4.69, 9.17) is 14.6 Å². The number of morpholine rings is 1. The number of nitrogens with one attached hydrogen (secondary N) is 1. The number of carbonyl (C=O) groups is 1. The van der Waals surface area contributed by atoms with E-state index >= 15 is 0 Å². The highest BCUT2D eigenvalue weighted by atomic mass is 16.7. The third-order valence-corrected chi connectivity index (χ3v) is 5.31. The molecule has 0 aromatic carbocycles. The summed E-state index contributed by atoms with van der Waals surface area (Å²) in [4.78, 5) is 21.1. The molecule has 0 amide bonds. The van der Waals surface area contributed by atoms with Gasteiger partial charge in [-0.1, -0.05) is 0 Å². The van der Waals surface area contributed by atoms with Gasteiger partial charge in [-0.2, -0.15) is 0 Å². The molecule has 0 radical (unpaired) electrons. The molecule has 1 saturated heterocycles. The van der Waals surface area contributed by atoms with Crippen molar-refractivity contribution in [3.63, 3.8) is 0 Å². The third-order valence-electron chi connectivity index (χ3n) is 5.31. The van der Waals surface area contributed by atoms with E-state index in [0.717, 1.165) is 62.2 Å². The fourth-order valence-corrected chi connectivity index (χ4v) is 4.20.